The van der Waals surface area contributed by atoms with Gasteiger partial charge in [-0.05, 0) is 45.9 Å². The van der Waals surface area contributed by atoms with Crippen LogP contribution in [0.1, 0.15) is 40.1 Å². The van der Waals surface area contributed by atoms with E-state index < -0.39 is 0 Å². The minimum absolute atomic E-state index is 0.191. The van der Waals surface area contributed by atoms with E-state index in [1.165, 1.54) is 11.7 Å². The number of anilines is 1. The van der Waals surface area contributed by atoms with Gasteiger partial charge in [0.1, 0.15) is 18.1 Å². The third-order valence-corrected chi connectivity index (χ3v) is 4.80. The first-order valence-electron chi connectivity index (χ1n) is 8.35. The molecule has 0 fully saturated rings. The molecule has 3 rings (SSSR count). The van der Waals surface area contributed by atoms with Crippen molar-refractivity contribution in [2.75, 3.05) is 5.32 Å². The molecule has 8 heteroatoms. The Hall–Kier alpha value is -2.74. The zero-order chi connectivity index (χ0) is 18.7. The van der Waals surface area contributed by atoms with Crippen LogP contribution in [0.15, 0.2) is 24.3 Å². The molecule has 2 heterocycles. The van der Waals surface area contributed by atoms with Crippen molar-refractivity contribution >= 4 is 23.3 Å². The molecule has 0 spiro atoms. The van der Waals surface area contributed by atoms with E-state index in [0.29, 0.717) is 17.9 Å². The molecule has 0 aliphatic heterocycles. The molecule has 0 unspecified atom stereocenters. The number of hydrogen-bond donors (Lipinski definition) is 1. The Labute approximate surface area is 156 Å². The summed E-state index contributed by atoms with van der Waals surface area (Å²) in [5, 5.41) is 7.38. The van der Waals surface area contributed by atoms with Gasteiger partial charge >= 0.3 is 0 Å². The number of nitrogens with one attached hydrogen (secondary N) is 1. The normalized spacial score (nSPS) is 10.8. The van der Waals surface area contributed by atoms with E-state index in [-0.39, 0.29) is 5.91 Å². The second-order valence-electron chi connectivity index (χ2n) is 5.93. The third-order valence-electron chi connectivity index (χ3n) is 4.14. The fraction of sp³-hybridized carbons (Fsp3) is 0.333. The van der Waals surface area contributed by atoms with Gasteiger partial charge in [-0.3, -0.25) is 9.48 Å². The van der Waals surface area contributed by atoms with Crippen LogP contribution in [-0.2, 0) is 13.2 Å². The number of ether oxygens (including phenoxy) is 1. The van der Waals surface area contributed by atoms with Gasteiger partial charge in [-0.25, -0.2) is 0 Å². The number of amides is 1. The van der Waals surface area contributed by atoms with Crippen LogP contribution in [-0.4, -0.2) is 24.4 Å². The summed E-state index contributed by atoms with van der Waals surface area (Å²) >= 11 is 1.17. The average molecular weight is 371 g/mol. The van der Waals surface area contributed by atoms with Crippen LogP contribution < -0.4 is 10.1 Å². The Morgan fingerprint density at radius 2 is 2.04 bits per heavy atom. The highest BCUT2D eigenvalue weighted by molar-refractivity contribution is 6.99. The predicted octanol–water partition coefficient (Wildman–Crippen LogP) is 3.51. The lowest BCUT2D eigenvalue weighted by atomic mass is 10.2. The Balaban J connectivity index is 1.72. The van der Waals surface area contributed by atoms with Crippen LogP contribution in [0.2, 0.25) is 0 Å². The Bertz CT molecular complexity index is 932. The highest BCUT2D eigenvalue weighted by atomic mass is 32.1. The van der Waals surface area contributed by atoms with Crippen molar-refractivity contribution in [1.82, 2.24) is 18.5 Å². The lowest BCUT2D eigenvalue weighted by Gasteiger charge is -2.09. The summed E-state index contributed by atoms with van der Waals surface area (Å²) in [6, 6.07) is 7.09. The zero-order valence-electron chi connectivity index (χ0n) is 15.2. The molecule has 0 bridgehead atoms. The summed E-state index contributed by atoms with van der Waals surface area (Å²) < 4.78 is 15.9. The summed E-state index contributed by atoms with van der Waals surface area (Å²) in [6.07, 6.45) is 0. The molecular formula is C18H21N5O2S. The fourth-order valence-electron chi connectivity index (χ4n) is 2.63. The second-order valence-corrected chi connectivity index (χ2v) is 6.46. The van der Waals surface area contributed by atoms with Gasteiger partial charge in [0, 0.05) is 12.1 Å². The first-order chi connectivity index (χ1) is 12.5. The quantitative estimate of drug-likeness (QED) is 0.717. The van der Waals surface area contributed by atoms with Gasteiger partial charge in [0.25, 0.3) is 5.91 Å². The van der Waals surface area contributed by atoms with Gasteiger partial charge < -0.3 is 10.1 Å². The molecule has 2 aromatic heterocycles. The number of nitrogens with zero attached hydrogens (tertiary/aromatic N) is 4. The highest BCUT2D eigenvalue weighted by Crippen LogP contribution is 2.22. The SMILES string of the molecule is CCn1nc(C)c(NC(=O)c2cccc(OCc3nsnc3C)c2)c1C. The van der Waals surface area contributed by atoms with Crippen LogP contribution in [0.5, 0.6) is 5.75 Å². The molecule has 136 valence electrons. The summed E-state index contributed by atoms with van der Waals surface area (Å²) in [5.41, 5.74) is 4.70. The number of benzene rings is 1. The predicted molar refractivity (Wildman–Crippen MR) is 101 cm³/mol. The minimum atomic E-state index is -0.191. The first kappa shape index (κ1) is 18.1. The maximum atomic E-state index is 12.6. The van der Waals surface area contributed by atoms with Crippen molar-refractivity contribution in [1.29, 1.82) is 0 Å². The van der Waals surface area contributed by atoms with Gasteiger partial charge in [-0.15, -0.1) is 0 Å². The topological polar surface area (TPSA) is 81.9 Å². The van der Waals surface area contributed by atoms with Crippen LogP contribution in [0.4, 0.5) is 5.69 Å². The Kier molecular flexibility index (Phi) is 5.32. The van der Waals surface area contributed by atoms with Crippen LogP contribution >= 0.6 is 11.7 Å². The largest absolute Gasteiger partial charge is 0.487 e. The van der Waals surface area contributed by atoms with Gasteiger partial charge in [-0.2, -0.15) is 13.8 Å². The molecule has 0 saturated carbocycles. The fourth-order valence-corrected chi connectivity index (χ4v) is 3.18. The maximum Gasteiger partial charge on any atom is 0.255 e. The molecule has 0 radical (unpaired) electrons. The monoisotopic (exact) mass is 371 g/mol. The summed E-state index contributed by atoms with van der Waals surface area (Å²) in [5.74, 6) is 0.423. The molecule has 26 heavy (non-hydrogen) atoms. The molecule has 0 saturated heterocycles. The van der Waals surface area contributed by atoms with Crippen LogP contribution in [0, 0.1) is 20.8 Å². The number of rotatable bonds is 6. The molecule has 0 atom stereocenters. The van der Waals surface area contributed by atoms with E-state index in [2.05, 4.69) is 19.2 Å². The Morgan fingerprint density at radius 3 is 2.69 bits per heavy atom. The van der Waals surface area contributed by atoms with Crippen molar-refractivity contribution in [3.05, 3.63) is 52.6 Å². The summed E-state index contributed by atoms with van der Waals surface area (Å²) in [7, 11) is 0. The van der Waals surface area contributed by atoms with E-state index in [4.69, 9.17) is 4.74 Å². The van der Waals surface area contributed by atoms with Crippen molar-refractivity contribution < 1.29 is 9.53 Å². The van der Waals surface area contributed by atoms with E-state index in [9.17, 15) is 4.79 Å². The lowest BCUT2D eigenvalue weighted by molar-refractivity contribution is 0.102. The van der Waals surface area contributed by atoms with Gasteiger partial charge in [0.15, 0.2) is 0 Å². The molecule has 0 aliphatic rings. The minimum Gasteiger partial charge on any atom is -0.487 e. The zero-order valence-corrected chi connectivity index (χ0v) is 16.1. The molecule has 1 N–H and O–H groups in total. The average Bonchev–Trinajstić information content (AvgIpc) is 3.17. The van der Waals surface area contributed by atoms with Gasteiger partial charge in [0.2, 0.25) is 0 Å². The van der Waals surface area contributed by atoms with E-state index in [1.807, 2.05) is 38.4 Å². The molecule has 1 aromatic carbocycles. The molecular weight excluding hydrogens is 350 g/mol. The van der Waals surface area contributed by atoms with E-state index >= 15 is 0 Å². The first-order valence-corrected chi connectivity index (χ1v) is 9.09. The van der Waals surface area contributed by atoms with Crippen molar-refractivity contribution in [2.45, 2.75) is 40.8 Å². The van der Waals surface area contributed by atoms with Crippen molar-refractivity contribution in [3.63, 3.8) is 0 Å². The summed E-state index contributed by atoms with van der Waals surface area (Å²) in [6.45, 7) is 8.84. The van der Waals surface area contributed by atoms with E-state index in [0.717, 1.165) is 35.0 Å². The Morgan fingerprint density at radius 1 is 1.23 bits per heavy atom. The third kappa shape index (κ3) is 3.75. The number of aromatic nitrogens is 4. The van der Waals surface area contributed by atoms with Crippen molar-refractivity contribution in [2.24, 2.45) is 0 Å². The maximum absolute atomic E-state index is 12.6. The molecule has 1 amide bonds. The smallest absolute Gasteiger partial charge is 0.255 e. The standard InChI is InChI=1S/C18H21N5O2S/c1-5-23-13(4)17(12(3)20-23)19-18(24)14-7-6-8-15(9-14)25-10-16-11(2)21-26-22-16/h6-9H,5,10H2,1-4H3,(H,19,24). The number of carbonyl (C=O) groups is 1. The summed E-state index contributed by atoms with van der Waals surface area (Å²) in [4.78, 5) is 12.6. The van der Waals surface area contributed by atoms with Gasteiger partial charge in [-0.1, -0.05) is 6.07 Å². The van der Waals surface area contributed by atoms with Crippen LogP contribution in [0.3, 0.4) is 0 Å². The lowest BCUT2D eigenvalue weighted by Crippen LogP contribution is -2.13. The molecule has 3 aromatic rings. The highest BCUT2D eigenvalue weighted by Gasteiger charge is 2.15. The molecule has 0 aliphatic carbocycles. The van der Waals surface area contributed by atoms with Crippen molar-refractivity contribution in [3.8, 4) is 5.75 Å². The van der Waals surface area contributed by atoms with Gasteiger partial charge in [0.05, 0.1) is 34.5 Å². The number of aryl methyl sites for hydroxylation is 3. The second kappa shape index (κ2) is 7.65. The number of carbonyl (C=O) groups excluding carboxylic acids is 1. The number of hydrogen-bond acceptors (Lipinski definition) is 6. The van der Waals surface area contributed by atoms with E-state index in [1.54, 1.807) is 18.2 Å². The molecule has 7 nitrogen and oxygen atoms in total. The van der Waals surface area contributed by atoms with Crippen LogP contribution in [0.25, 0.3) is 0 Å².